The lowest BCUT2D eigenvalue weighted by molar-refractivity contribution is 0.333. The minimum atomic E-state index is -2.06. The van der Waals surface area contributed by atoms with Gasteiger partial charge in [0, 0.05) is 15.6 Å². The van der Waals surface area contributed by atoms with Crippen LogP contribution in [0.2, 0.25) is 16.6 Å². The Kier molecular flexibility index (Phi) is 8.19. The van der Waals surface area contributed by atoms with E-state index in [2.05, 4.69) is 91.8 Å². The van der Waals surface area contributed by atoms with Crippen LogP contribution in [0.5, 0.6) is 5.75 Å². The van der Waals surface area contributed by atoms with E-state index in [1.807, 2.05) is 0 Å². The highest BCUT2D eigenvalue weighted by atomic mass is 31.1. The monoisotopic (exact) mass is 550 g/mol. The Morgan fingerprint density at radius 2 is 1.24 bits per heavy atom. The summed E-state index contributed by atoms with van der Waals surface area (Å²) in [5.74, 6) is 3.00. The van der Waals surface area contributed by atoms with Gasteiger partial charge >= 0.3 is 0 Å². The first-order chi connectivity index (χ1) is 18.0. The summed E-state index contributed by atoms with van der Waals surface area (Å²) in [6, 6.07) is 9.43. The van der Waals surface area contributed by atoms with Crippen molar-refractivity contribution in [2.24, 2.45) is 11.8 Å². The number of fused-ring (bicyclic) bond motifs is 4. The Labute approximate surface area is 237 Å². The number of hydrogen-bond donors (Lipinski definition) is 0. The molecular formula is C35H55OPSi. The second kappa shape index (κ2) is 10.9. The maximum absolute atomic E-state index is 7.57. The Bertz CT molecular complexity index is 1000. The van der Waals surface area contributed by atoms with Crippen molar-refractivity contribution >= 4 is 21.5 Å². The van der Waals surface area contributed by atoms with Crippen molar-refractivity contribution in [1.82, 2.24) is 0 Å². The average molecular weight is 551 g/mol. The van der Waals surface area contributed by atoms with Crippen LogP contribution in [-0.2, 0) is 0 Å². The first-order valence-electron chi connectivity index (χ1n) is 16.0. The van der Waals surface area contributed by atoms with Crippen molar-refractivity contribution in [3.63, 3.8) is 0 Å². The van der Waals surface area contributed by atoms with Crippen molar-refractivity contribution in [2.75, 3.05) is 0 Å². The van der Waals surface area contributed by atoms with Crippen molar-refractivity contribution < 1.29 is 4.43 Å². The van der Waals surface area contributed by atoms with Crippen LogP contribution in [0.25, 0.3) is 0 Å². The minimum Gasteiger partial charge on any atom is -0.542 e. The van der Waals surface area contributed by atoms with Crippen LogP contribution < -0.4 is 9.73 Å². The zero-order chi connectivity index (χ0) is 27.3. The van der Waals surface area contributed by atoms with Gasteiger partial charge in [-0.3, -0.25) is 0 Å². The van der Waals surface area contributed by atoms with E-state index in [4.69, 9.17) is 4.43 Å². The molecule has 0 saturated heterocycles. The van der Waals surface area contributed by atoms with Gasteiger partial charge in [0.25, 0.3) is 8.32 Å². The normalized spacial score (nSPS) is 32.3. The molecule has 1 nitrogen and oxygen atoms in total. The molecule has 2 fully saturated rings. The van der Waals surface area contributed by atoms with E-state index in [0.29, 0.717) is 16.6 Å². The first kappa shape index (κ1) is 28.7. The lowest BCUT2D eigenvalue weighted by atomic mass is 9.74. The molecule has 2 saturated carbocycles. The van der Waals surface area contributed by atoms with Crippen LogP contribution in [0.4, 0.5) is 0 Å². The SMILES string of the molecule is CC(C)[Si](Oc1ccccc1P(C1(C)C=C2CCCC(C2)C1)C1(C)C=C2CCCC(C2)C1)(C(C)C)C(C)C. The summed E-state index contributed by atoms with van der Waals surface area (Å²) in [7, 11) is -2.55. The number of allylic oxidation sites excluding steroid dienone is 4. The lowest BCUT2D eigenvalue weighted by Crippen LogP contribution is -2.52. The van der Waals surface area contributed by atoms with E-state index in [1.165, 1.54) is 70.0 Å². The zero-order valence-corrected chi connectivity index (χ0v) is 27.7. The zero-order valence-electron chi connectivity index (χ0n) is 25.8. The molecule has 0 radical (unpaired) electrons. The lowest BCUT2D eigenvalue weighted by Gasteiger charge is -2.54. The molecule has 0 spiro atoms. The van der Waals surface area contributed by atoms with Gasteiger partial charge in [0.1, 0.15) is 5.75 Å². The van der Waals surface area contributed by atoms with Crippen LogP contribution in [0.3, 0.4) is 0 Å². The quantitative estimate of drug-likeness (QED) is 0.178. The first-order valence-corrected chi connectivity index (χ1v) is 19.4. The molecule has 0 amide bonds. The largest absolute Gasteiger partial charge is 0.542 e. The third kappa shape index (κ3) is 5.16. The molecule has 4 aliphatic carbocycles. The van der Waals surface area contributed by atoms with Crippen LogP contribution in [0, 0.1) is 11.8 Å². The number of para-hydroxylation sites is 1. The molecule has 3 heteroatoms. The van der Waals surface area contributed by atoms with E-state index in [0.717, 1.165) is 11.8 Å². The molecule has 4 unspecified atom stereocenters. The summed E-state index contributed by atoms with van der Waals surface area (Å²) in [6.07, 6.45) is 19.4. The van der Waals surface area contributed by atoms with Crippen LogP contribution in [0.1, 0.15) is 120 Å². The Morgan fingerprint density at radius 1 is 0.763 bits per heavy atom. The Hall–Kier alpha value is -0.853. The Morgan fingerprint density at radius 3 is 1.68 bits per heavy atom. The number of hydrogen-bond acceptors (Lipinski definition) is 1. The molecule has 0 N–H and O–H groups in total. The predicted octanol–water partition coefficient (Wildman–Crippen LogP) is 10.9. The molecule has 4 aliphatic rings. The molecule has 1 aromatic rings. The maximum Gasteiger partial charge on any atom is 0.258 e. The van der Waals surface area contributed by atoms with Gasteiger partial charge in [0.05, 0.1) is 0 Å². The van der Waals surface area contributed by atoms with Crippen molar-refractivity contribution in [1.29, 1.82) is 0 Å². The molecule has 4 atom stereocenters. The summed E-state index contributed by atoms with van der Waals surface area (Å²) in [6.45, 7) is 19.9. The topological polar surface area (TPSA) is 9.23 Å². The van der Waals surface area contributed by atoms with Crippen molar-refractivity contribution in [2.45, 2.75) is 147 Å². The molecule has 0 heterocycles. The van der Waals surface area contributed by atoms with Crippen LogP contribution >= 0.6 is 7.92 Å². The highest BCUT2D eigenvalue weighted by Crippen LogP contribution is 2.69. The van der Waals surface area contributed by atoms with Gasteiger partial charge in [-0.2, -0.15) is 0 Å². The van der Waals surface area contributed by atoms with Gasteiger partial charge in [-0.25, -0.2) is 0 Å². The van der Waals surface area contributed by atoms with Crippen molar-refractivity contribution in [3.05, 3.63) is 47.6 Å². The molecule has 38 heavy (non-hydrogen) atoms. The van der Waals surface area contributed by atoms with Gasteiger partial charge in [-0.05, 0) is 98.7 Å². The smallest absolute Gasteiger partial charge is 0.258 e. The molecule has 0 aromatic heterocycles. The molecule has 5 rings (SSSR count). The third-order valence-electron chi connectivity index (χ3n) is 10.9. The molecule has 210 valence electrons. The van der Waals surface area contributed by atoms with E-state index < -0.39 is 16.2 Å². The van der Waals surface area contributed by atoms with Crippen molar-refractivity contribution in [3.8, 4) is 5.75 Å². The minimum absolute atomic E-state index is 0.239. The fourth-order valence-electron chi connectivity index (χ4n) is 9.88. The van der Waals surface area contributed by atoms with Crippen LogP contribution in [0.15, 0.2) is 47.6 Å². The molecular weight excluding hydrogens is 495 g/mol. The van der Waals surface area contributed by atoms with Crippen LogP contribution in [-0.4, -0.2) is 18.6 Å². The standard InChI is InChI=1S/C35H55OPSi/c1-25(2)38(26(3)4,27(5)6)36-32-17-9-10-18-33(32)37(34(7)21-28-13-11-14-29(19-28)22-34)35(8)23-30-15-12-16-31(20-30)24-35/h9-10,17-18,21,23,25-27,29,31H,11-16,19-20,22,24H2,1-8H3. The second-order valence-corrected chi connectivity index (χ2v) is 23.4. The van der Waals surface area contributed by atoms with E-state index in [1.54, 1.807) is 16.5 Å². The Balaban J connectivity index is 1.68. The summed E-state index contributed by atoms with van der Waals surface area (Å²) >= 11 is 0. The summed E-state index contributed by atoms with van der Waals surface area (Å²) in [5, 5.41) is 2.05. The summed E-state index contributed by atoms with van der Waals surface area (Å²) in [5.41, 5.74) is 5.28. The predicted molar refractivity (Wildman–Crippen MR) is 171 cm³/mol. The van der Waals surface area contributed by atoms with Gasteiger partial charge < -0.3 is 4.43 Å². The fraction of sp³-hybridized carbons (Fsp3) is 0.714. The second-order valence-electron chi connectivity index (χ2n) is 14.9. The van der Waals surface area contributed by atoms with Gasteiger partial charge in [0.2, 0.25) is 0 Å². The summed E-state index contributed by atoms with van der Waals surface area (Å²) in [4.78, 5) is 0. The van der Waals surface area contributed by atoms with E-state index in [9.17, 15) is 0 Å². The number of benzene rings is 1. The summed E-state index contributed by atoms with van der Waals surface area (Å²) < 4.78 is 7.57. The van der Waals surface area contributed by atoms with E-state index >= 15 is 0 Å². The fourth-order valence-corrected chi connectivity index (χ4v) is 19.6. The van der Waals surface area contributed by atoms with Gasteiger partial charge in [-0.15, -0.1) is 0 Å². The maximum atomic E-state index is 7.57. The highest BCUT2D eigenvalue weighted by molar-refractivity contribution is 7.69. The molecule has 1 aromatic carbocycles. The van der Waals surface area contributed by atoms with E-state index in [-0.39, 0.29) is 10.3 Å². The third-order valence-corrected chi connectivity index (χ3v) is 20.4. The highest BCUT2D eigenvalue weighted by Gasteiger charge is 2.52. The van der Waals surface area contributed by atoms with Gasteiger partial charge in [0.15, 0.2) is 0 Å². The molecule has 4 bridgehead atoms. The van der Waals surface area contributed by atoms with Gasteiger partial charge in [-0.1, -0.05) is 105 Å². The number of rotatable bonds is 8. The molecule has 0 aliphatic heterocycles. The average Bonchev–Trinajstić information content (AvgIpc) is 2.81.